The van der Waals surface area contributed by atoms with Crippen LogP contribution in [0.1, 0.15) is 96.3 Å². The number of imide groups is 1. The van der Waals surface area contributed by atoms with Gasteiger partial charge in [0.1, 0.15) is 24.6 Å². The molecule has 4 amide bonds. The number of carbonyl (C=O) groups excluding carboxylic acids is 5. The molecular weight excluding hydrogens is 935 g/mol. The maximum absolute atomic E-state index is 14.1. The lowest BCUT2D eigenvalue weighted by atomic mass is 10.0. The van der Waals surface area contributed by atoms with Crippen LogP contribution in [0.2, 0.25) is 0 Å². The fourth-order valence-corrected chi connectivity index (χ4v) is 9.65. The van der Waals surface area contributed by atoms with E-state index in [2.05, 4.69) is 0 Å². The van der Waals surface area contributed by atoms with Gasteiger partial charge in [0.15, 0.2) is 23.0 Å². The van der Waals surface area contributed by atoms with Gasteiger partial charge in [0.25, 0.3) is 23.6 Å². The van der Waals surface area contributed by atoms with Crippen LogP contribution in [0.15, 0.2) is 101 Å². The van der Waals surface area contributed by atoms with E-state index in [0.29, 0.717) is 80.3 Å². The number of ether oxygens (including phenoxy) is 6. The molecule has 73 heavy (non-hydrogen) atoms. The zero-order chi connectivity index (χ0) is 51.2. The second-order valence-electron chi connectivity index (χ2n) is 19.8. The maximum Gasteiger partial charge on any atom is 0.333 e. The predicted octanol–water partition coefficient (Wildman–Crippen LogP) is 8.78. The number of aliphatic imine (C=N–C) groups is 2. The van der Waals surface area contributed by atoms with Crippen LogP contribution in [0.4, 0.5) is 22.7 Å². The summed E-state index contributed by atoms with van der Waals surface area (Å²) < 4.78 is 37.5. The van der Waals surface area contributed by atoms with E-state index in [1.165, 1.54) is 14.2 Å². The molecule has 10 rings (SSSR count). The number of amides is 4. The number of methoxy groups -OCH3 is 2. The molecule has 1 saturated heterocycles. The van der Waals surface area contributed by atoms with Gasteiger partial charge in [-0.2, -0.15) is 0 Å². The summed E-state index contributed by atoms with van der Waals surface area (Å²) in [6.07, 6.45) is 5.11. The lowest BCUT2D eigenvalue weighted by Gasteiger charge is -2.32. The summed E-state index contributed by atoms with van der Waals surface area (Å²) in [5.74, 6) is -0.197. The third kappa shape index (κ3) is 9.96. The summed E-state index contributed by atoms with van der Waals surface area (Å²) >= 11 is 0. The monoisotopic (exact) mass is 989 g/mol. The van der Waals surface area contributed by atoms with Crippen molar-refractivity contribution in [1.82, 2.24) is 5.06 Å². The van der Waals surface area contributed by atoms with Gasteiger partial charge in [0, 0.05) is 61.6 Å². The first-order valence-electron chi connectivity index (χ1n) is 24.2. The summed E-state index contributed by atoms with van der Waals surface area (Å²) in [6, 6.07) is 27.7. The van der Waals surface area contributed by atoms with Crippen molar-refractivity contribution < 1.29 is 57.2 Å². The van der Waals surface area contributed by atoms with Crippen molar-refractivity contribution >= 4 is 64.8 Å². The van der Waals surface area contributed by atoms with Gasteiger partial charge in [0.2, 0.25) is 0 Å². The van der Waals surface area contributed by atoms with E-state index in [9.17, 15) is 24.0 Å². The number of benzene rings is 5. The Balaban J connectivity index is 0.884. The van der Waals surface area contributed by atoms with Crippen LogP contribution in [-0.2, 0) is 50.0 Å². The number of fused-ring (bicyclic) bond motifs is 8. The Hall–Kier alpha value is -8.05. The summed E-state index contributed by atoms with van der Waals surface area (Å²) in [4.78, 5) is 82.9. The highest BCUT2D eigenvalue weighted by molar-refractivity contribution is 6.16. The smallest absolute Gasteiger partial charge is 0.333 e. The summed E-state index contributed by atoms with van der Waals surface area (Å²) in [6.45, 7) is 7.61. The molecule has 5 heterocycles. The molecule has 376 valence electrons. The predicted molar refractivity (Wildman–Crippen MR) is 270 cm³/mol. The number of carbonyl (C=O) groups is 5. The molecule has 1 fully saturated rings. The third-order valence-corrected chi connectivity index (χ3v) is 13.4. The fraction of sp³-hybridized carbons (Fsp3) is 0.339. The van der Waals surface area contributed by atoms with Gasteiger partial charge in [-0.1, -0.05) is 36.4 Å². The van der Waals surface area contributed by atoms with Crippen LogP contribution in [0.5, 0.6) is 28.7 Å². The van der Waals surface area contributed by atoms with Gasteiger partial charge in [-0.15, -0.1) is 5.06 Å². The highest BCUT2D eigenvalue weighted by Gasteiger charge is 2.39. The second kappa shape index (κ2) is 19.5. The summed E-state index contributed by atoms with van der Waals surface area (Å²) in [7, 11) is 3.04. The number of anilines is 2. The normalized spacial score (nSPS) is 17.5. The molecule has 5 aromatic carbocycles. The fourth-order valence-electron chi connectivity index (χ4n) is 9.65. The van der Waals surface area contributed by atoms with E-state index in [-0.39, 0.29) is 69.4 Å². The van der Waals surface area contributed by atoms with Gasteiger partial charge in [-0.05, 0) is 98.8 Å². The van der Waals surface area contributed by atoms with Crippen molar-refractivity contribution in [1.29, 1.82) is 0 Å². The molecule has 0 spiro atoms. The van der Waals surface area contributed by atoms with Crippen molar-refractivity contribution in [3.63, 3.8) is 0 Å². The Morgan fingerprint density at radius 1 is 0.630 bits per heavy atom. The van der Waals surface area contributed by atoms with Crippen molar-refractivity contribution in [3.05, 3.63) is 124 Å². The molecule has 17 heteroatoms. The Kier molecular flexibility index (Phi) is 13.0. The summed E-state index contributed by atoms with van der Waals surface area (Å²) in [5, 5.41) is 0.539. The SMILES string of the molecule is COc1cc2c(cc1OCc1cc(COc3cc4c(cc3OC)C(=O)N3c5ccccc5C[C@H]3C=N4)cc(OC(C)(C)COC(C)(C)CCC(=O)ON3C(=O)CCC3=O)c1)N=C[C@@H]1Cc3ccccc3N1C2=O. The molecule has 2 atom stereocenters. The zero-order valence-corrected chi connectivity index (χ0v) is 41.5. The Bertz CT molecular complexity index is 2950. The maximum atomic E-state index is 14.1. The molecule has 0 aromatic heterocycles. The molecule has 0 aliphatic carbocycles. The minimum Gasteiger partial charge on any atom is -0.493 e. The minimum atomic E-state index is -0.914. The number of hydroxylamine groups is 2. The van der Waals surface area contributed by atoms with Gasteiger partial charge in [0.05, 0.1) is 67.4 Å². The first kappa shape index (κ1) is 48.6. The van der Waals surface area contributed by atoms with Crippen LogP contribution in [0, 0.1) is 0 Å². The van der Waals surface area contributed by atoms with Crippen molar-refractivity contribution in [2.45, 2.75) is 103 Å². The first-order chi connectivity index (χ1) is 35.1. The van der Waals surface area contributed by atoms with Crippen molar-refractivity contribution in [2.24, 2.45) is 9.98 Å². The van der Waals surface area contributed by atoms with Crippen LogP contribution in [0.25, 0.3) is 0 Å². The molecule has 0 saturated carbocycles. The van der Waals surface area contributed by atoms with Gasteiger partial charge < -0.3 is 33.3 Å². The first-order valence-corrected chi connectivity index (χ1v) is 24.2. The lowest BCUT2D eigenvalue weighted by Crippen LogP contribution is -2.39. The molecule has 0 N–H and O–H groups in total. The molecule has 0 bridgehead atoms. The number of nitrogens with zero attached hydrogens (tertiary/aromatic N) is 5. The van der Waals surface area contributed by atoms with Gasteiger partial charge in [-0.25, -0.2) is 4.79 Å². The second-order valence-corrected chi connectivity index (χ2v) is 19.8. The van der Waals surface area contributed by atoms with Crippen molar-refractivity contribution in [3.8, 4) is 28.7 Å². The van der Waals surface area contributed by atoms with Gasteiger partial charge in [-0.3, -0.25) is 39.0 Å². The van der Waals surface area contributed by atoms with E-state index >= 15 is 0 Å². The molecule has 17 nitrogen and oxygen atoms in total. The van der Waals surface area contributed by atoms with E-state index in [1.54, 1.807) is 46.5 Å². The molecule has 5 aromatic rings. The average molecular weight is 990 g/mol. The zero-order valence-electron chi connectivity index (χ0n) is 41.5. The molecule has 5 aliphatic heterocycles. The van der Waals surface area contributed by atoms with E-state index in [0.717, 1.165) is 22.5 Å². The Morgan fingerprint density at radius 3 is 1.62 bits per heavy atom. The van der Waals surface area contributed by atoms with Crippen LogP contribution in [0.3, 0.4) is 0 Å². The van der Waals surface area contributed by atoms with E-state index in [1.807, 2.05) is 94.4 Å². The largest absolute Gasteiger partial charge is 0.493 e. The standard InChI is InChI=1S/C56H55N5O12/c1-55(2,18-17-52(64)73-61-50(62)15-16-51(61)63)71-32-56(3,4)72-39-20-33(30-69-48-26-42-40(24-46(48)67-5)53(65)59-37(28-57-42)22-35-11-7-9-13-44(35)59)19-34(21-39)31-70-49-27-43-41(25-47(49)68-6)54(66)60-38(29-58-43)23-36-12-8-10-14-45(36)60/h7-14,19-21,24-29,37-38H,15-18,22-23,30-32H2,1-6H3/t37-,38-/m0/s1. The highest BCUT2D eigenvalue weighted by atomic mass is 16.7. The summed E-state index contributed by atoms with van der Waals surface area (Å²) in [5.41, 5.74) is 5.29. The molecule has 0 unspecified atom stereocenters. The van der Waals surface area contributed by atoms with Crippen LogP contribution < -0.4 is 33.5 Å². The van der Waals surface area contributed by atoms with E-state index in [4.69, 9.17) is 43.2 Å². The number of hydrogen-bond acceptors (Lipinski definition) is 14. The molecule has 0 radical (unpaired) electrons. The topological polar surface area (TPSA) is 184 Å². The Morgan fingerprint density at radius 2 is 1.12 bits per heavy atom. The number of rotatable bonds is 17. The number of para-hydroxylation sites is 2. The quantitative estimate of drug-likeness (QED) is 0.0809. The number of hydrogen-bond donors (Lipinski definition) is 0. The van der Waals surface area contributed by atoms with Crippen molar-refractivity contribution in [2.75, 3.05) is 30.6 Å². The van der Waals surface area contributed by atoms with Gasteiger partial charge >= 0.3 is 5.97 Å². The van der Waals surface area contributed by atoms with Crippen LogP contribution in [-0.4, -0.2) is 91.2 Å². The van der Waals surface area contributed by atoms with E-state index < -0.39 is 29.0 Å². The molecular formula is C56H55N5O12. The highest BCUT2D eigenvalue weighted by Crippen LogP contribution is 2.43. The third-order valence-electron chi connectivity index (χ3n) is 13.4. The van der Waals surface area contributed by atoms with Crippen LogP contribution >= 0.6 is 0 Å². The average Bonchev–Trinajstić information content (AvgIpc) is 3.99. The lowest BCUT2D eigenvalue weighted by molar-refractivity contribution is -0.198. The minimum absolute atomic E-state index is 0.00996. The Labute approximate surface area is 422 Å². The molecule has 5 aliphatic rings.